The summed E-state index contributed by atoms with van der Waals surface area (Å²) >= 11 is 0. The van der Waals surface area contributed by atoms with Gasteiger partial charge in [-0.3, -0.25) is 0 Å². The van der Waals surface area contributed by atoms with E-state index in [-0.39, 0.29) is 0 Å². The fourth-order valence-electron chi connectivity index (χ4n) is 0.424. The molecular formula is C4H5N3. The molecule has 0 spiro atoms. The van der Waals surface area contributed by atoms with Crippen LogP contribution in [-0.2, 0) is 0 Å². The quantitative estimate of drug-likeness (QED) is 0.426. The highest BCUT2D eigenvalue weighted by Crippen LogP contribution is 1.86. The Morgan fingerprint density at radius 1 is 1.86 bits per heavy atom. The number of hydrazine groups is 1. The fraction of sp³-hybridized carbons (Fsp3) is 0.250. The van der Waals surface area contributed by atoms with E-state index in [2.05, 4.69) is 10.9 Å². The SMILES string of the molecule is N#CC1=CCNN1. The van der Waals surface area contributed by atoms with Crippen LogP contribution in [0.5, 0.6) is 0 Å². The molecule has 0 saturated carbocycles. The van der Waals surface area contributed by atoms with Gasteiger partial charge in [0.15, 0.2) is 0 Å². The molecule has 3 nitrogen and oxygen atoms in total. The summed E-state index contributed by atoms with van der Waals surface area (Å²) in [6, 6.07) is 1.95. The molecule has 7 heavy (non-hydrogen) atoms. The lowest BCUT2D eigenvalue weighted by Gasteiger charge is -1.88. The summed E-state index contributed by atoms with van der Waals surface area (Å²) in [5.41, 5.74) is 6.03. The predicted octanol–water partition coefficient (Wildman–Crippen LogP) is -0.498. The molecule has 1 heterocycles. The van der Waals surface area contributed by atoms with Crippen molar-refractivity contribution in [2.45, 2.75) is 0 Å². The first-order valence-electron chi connectivity index (χ1n) is 2.02. The number of hydrogen-bond acceptors (Lipinski definition) is 3. The Morgan fingerprint density at radius 3 is 3.00 bits per heavy atom. The number of nitriles is 1. The van der Waals surface area contributed by atoms with Crippen molar-refractivity contribution in [3.05, 3.63) is 11.8 Å². The molecule has 0 aromatic carbocycles. The maximum absolute atomic E-state index is 8.15. The minimum atomic E-state index is 0.611. The number of nitrogens with zero attached hydrogens (tertiary/aromatic N) is 1. The third-order valence-electron chi connectivity index (χ3n) is 0.752. The lowest BCUT2D eigenvalue weighted by atomic mass is 10.5. The van der Waals surface area contributed by atoms with Crippen LogP contribution in [0.15, 0.2) is 11.8 Å². The monoisotopic (exact) mass is 95.0 g/mol. The Hall–Kier alpha value is -1.01. The van der Waals surface area contributed by atoms with Gasteiger partial charge in [0.05, 0.1) is 0 Å². The van der Waals surface area contributed by atoms with Crippen LogP contribution in [-0.4, -0.2) is 6.54 Å². The summed E-state index contributed by atoms with van der Waals surface area (Å²) in [6.07, 6.45) is 1.79. The zero-order valence-corrected chi connectivity index (χ0v) is 3.73. The number of rotatable bonds is 0. The Morgan fingerprint density at radius 2 is 2.71 bits per heavy atom. The second kappa shape index (κ2) is 1.63. The molecule has 1 rings (SSSR count). The smallest absolute Gasteiger partial charge is 0.125 e. The molecule has 0 aliphatic carbocycles. The molecule has 0 bridgehead atoms. The molecule has 36 valence electrons. The van der Waals surface area contributed by atoms with Crippen molar-refractivity contribution in [2.24, 2.45) is 0 Å². The zero-order valence-electron chi connectivity index (χ0n) is 3.73. The Labute approximate surface area is 41.6 Å². The van der Waals surface area contributed by atoms with E-state index in [1.54, 1.807) is 6.08 Å². The number of nitrogens with one attached hydrogen (secondary N) is 2. The molecule has 0 atom stereocenters. The van der Waals surface area contributed by atoms with E-state index in [4.69, 9.17) is 5.26 Å². The average Bonchev–Trinajstić information content (AvgIpc) is 2.14. The third-order valence-corrected chi connectivity index (χ3v) is 0.752. The van der Waals surface area contributed by atoms with Gasteiger partial charge in [-0.2, -0.15) is 5.26 Å². The highest BCUT2D eigenvalue weighted by Gasteiger charge is 1.96. The van der Waals surface area contributed by atoms with Crippen molar-refractivity contribution >= 4 is 0 Å². The maximum atomic E-state index is 8.15. The fourth-order valence-corrected chi connectivity index (χ4v) is 0.424. The molecule has 0 aromatic heterocycles. The topological polar surface area (TPSA) is 47.9 Å². The van der Waals surface area contributed by atoms with E-state index in [0.717, 1.165) is 6.54 Å². The van der Waals surface area contributed by atoms with Gasteiger partial charge in [-0.25, -0.2) is 5.43 Å². The molecule has 2 N–H and O–H groups in total. The van der Waals surface area contributed by atoms with E-state index in [0.29, 0.717) is 5.70 Å². The summed E-state index contributed by atoms with van der Waals surface area (Å²) in [6.45, 7) is 0.753. The van der Waals surface area contributed by atoms with E-state index >= 15 is 0 Å². The van der Waals surface area contributed by atoms with Crippen LogP contribution in [0.25, 0.3) is 0 Å². The van der Waals surface area contributed by atoms with E-state index in [1.807, 2.05) is 6.07 Å². The molecule has 0 aromatic rings. The molecular weight excluding hydrogens is 90.1 g/mol. The van der Waals surface area contributed by atoms with Crippen molar-refractivity contribution in [3.8, 4) is 6.07 Å². The van der Waals surface area contributed by atoms with Crippen LogP contribution >= 0.6 is 0 Å². The normalized spacial score (nSPS) is 17.3. The third kappa shape index (κ3) is 0.699. The van der Waals surface area contributed by atoms with Crippen LogP contribution in [0.3, 0.4) is 0 Å². The van der Waals surface area contributed by atoms with Crippen molar-refractivity contribution in [1.82, 2.24) is 10.9 Å². The molecule has 0 amide bonds. The van der Waals surface area contributed by atoms with Gasteiger partial charge in [-0.1, -0.05) is 0 Å². The van der Waals surface area contributed by atoms with Crippen molar-refractivity contribution < 1.29 is 0 Å². The van der Waals surface area contributed by atoms with Gasteiger partial charge in [0.2, 0.25) is 0 Å². The molecule has 0 radical (unpaired) electrons. The molecule has 0 unspecified atom stereocenters. The summed E-state index contributed by atoms with van der Waals surface area (Å²) in [4.78, 5) is 0. The van der Waals surface area contributed by atoms with Crippen LogP contribution in [0, 0.1) is 11.3 Å². The van der Waals surface area contributed by atoms with E-state index < -0.39 is 0 Å². The van der Waals surface area contributed by atoms with Crippen LogP contribution in [0.4, 0.5) is 0 Å². The highest BCUT2D eigenvalue weighted by molar-refractivity contribution is 5.20. The second-order valence-electron chi connectivity index (χ2n) is 1.24. The Bertz CT molecular complexity index is 130. The van der Waals surface area contributed by atoms with Crippen LogP contribution in [0.2, 0.25) is 0 Å². The van der Waals surface area contributed by atoms with E-state index in [1.165, 1.54) is 0 Å². The minimum absolute atomic E-state index is 0.611. The lowest BCUT2D eigenvalue weighted by molar-refractivity contribution is 0.712. The number of allylic oxidation sites excluding steroid dienone is 1. The van der Waals surface area contributed by atoms with Gasteiger partial charge in [0, 0.05) is 6.54 Å². The Kier molecular flexibility index (Phi) is 0.966. The standard InChI is InChI=1S/C4H5N3/c5-3-4-1-2-6-7-4/h1,6-7H,2H2. The summed E-state index contributed by atoms with van der Waals surface area (Å²) in [5.74, 6) is 0. The van der Waals surface area contributed by atoms with Crippen molar-refractivity contribution in [1.29, 1.82) is 5.26 Å². The highest BCUT2D eigenvalue weighted by atomic mass is 15.4. The van der Waals surface area contributed by atoms with Gasteiger partial charge in [0.1, 0.15) is 11.8 Å². The summed E-state index contributed by atoms with van der Waals surface area (Å²) < 4.78 is 0. The summed E-state index contributed by atoms with van der Waals surface area (Å²) in [7, 11) is 0. The van der Waals surface area contributed by atoms with E-state index in [9.17, 15) is 0 Å². The van der Waals surface area contributed by atoms with Crippen molar-refractivity contribution in [2.75, 3.05) is 6.54 Å². The average molecular weight is 95.1 g/mol. The van der Waals surface area contributed by atoms with Gasteiger partial charge >= 0.3 is 0 Å². The first-order valence-corrected chi connectivity index (χ1v) is 2.02. The van der Waals surface area contributed by atoms with Gasteiger partial charge in [-0.15, -0.1) is 0 Å². The lowest BCUT2D eigenvalue weighted by Crippen LogP contribution is -2.22. The zero-order chi connectivity index (χ0) is 5.11. The Balaban J connectivity index is 2.57. The largest absolute Gasteiger partial charge is 0.312 e. The maximum Gasteiger partial charge on any atom is 0.125 e. The number of hydrogen-bond donors (Lipinski definition) is 2. The van der Waals surface area contributed by atoms with Gasteiger partial charge < -0.3 is 5.43 Å². The first-order chi connectivity index (χ1) is 3.43. The predicted molar refractivity (Wildman–Crippen MR) is 24.8 cm³/mol. The molecule has 0 saturated heterocycles. The minimum Gasteiger partial charge on any atom is -0.312 e. The van der Waals surface area contributed by atoms with Gasteiger partial charge in [-0.05, 0) is 6.08 Å². The van der Waals surface area contributed by atoms with Crippen LogP contribution in [0.1, 0.15) is 0 Å². The summed E-state index contributed by atoms with van der Waals surface area (Å²) in [5, 5.41) is 8.15. The molecule has 1 aliphatic rings. The van der Waals surface area contributed by atoms with Crippen molar-refractivity contribution in [3.63, 3.8) is 0 Å². The second-order valence-corrected chi connectivity index (χ2v) is 1.24. The molecule has 1 aliphatic heterocycles. The van der Waals surface area contributed by atoms with Crippen LogP contribution < -0.4 is 10.9 Å². The molecule has 0 fully saturated rings. The first kappa shape index (κ1) is 4.16. The molecule has 3 heteroatoms. The van der Waals surface area contributed by atoms with Gasteiger partial charge in [0.25, 0.3) is 0 Å².